The Hall–Kier alpha value is -3.36. The molecule has 0 aromatic heterocycles. The number of hydrogen-bond acceptors (Lipinski definition) is 4. The van der Waals surface area contributed by atoms with Gasteiger partial charge in [0.05, 0.1) is 10.6 Å². The van der Waals surface area contributed by atoms with Crippen LogP contribution in [0.25, 0.3) is 0 Å². The number of hydrogen-bond donors (Lipinski definition) is 1. The van der Waals surface area contributed by atoms with E-state index >= 15 is 0 Å². The lowest BCUT2D eigenvalue weighted by Crippen LogP contribution is -2.54. The van der Waals surface area contributed by atoms with Crippen LogP contribution in [0.1, 0.15) is 44.7 Å². The maximum atomic E-state index is 14.0. The molecule has 3 aromatic rings. The summed E-state index contributed by atoms with van der Waals surface area (Å²) in [4.78, 5) is 28.9. The third-order valence-corrected chi connectivity index (χ3v) is 8.91. The minimum atomic E-state index is -4.13. The number of nitrogens with one attached hydrogen (secondary N) is 1. The fourth-order valence-corrected chi connectivity index (χ4v) is 5.85. The predicted octanol–water partition coefficient (Wildman–Crippen LogP) is 5.61. The Bertz CT molecular complexity index is 1360. The Kier molecular flexibility index (Phi) is 11.2. The summed E-state index contributed by atoms with van der Waals surface area (Å²) in [6.07, 6.45) is 1.66. The molecule has 9 heteroatoms. The van der Waals surface area contributed by atoms with Crippen LogP contribution < -0.4 is 9.62 Å². The molecule has 3 rings (SSSR count). The van der Waals surface area contributed by atoms with Crippen LogP contribution in [0.5, 0.6) is 0 Å². The highest BCUT2D eigenvalue weighted by Crippen LogP contribution is 2.26. The highest BCUT2D eigenvalue weighted by atomic mass is 35.5. The molecule has 0 bridgehead atoms. The average Bonchev–Trinajstić information content (AvgIpc) is 2.95. The molecule has 214 valence electrons. The van der Waals surface area contributed by atoms with Gasteiger partial charge in [-0.05, 0) is 75.1 Å². The van der Waals surface area contributed by atoms with Gasteiger partial charge in [0, 0.05) is 17.6 Å². The van der Waals surface area contributed by atoms with Gasteiger partial charge in [-0.1, -0.05) is 73.5 Å². The zero-order valence-electron chi connectivity index (χ0n) is 23.5. The molecule has 0 aliphatic carbocycles. The number of anilines is 1. The summed E-state index contributed by atoms with van der Waals surface area (Å²) in [5.41, 5.74) is 2.33. The normalized spacial score (nSPS) is 12.8. The fraction of sp³-hybridized carbons (Fsp3) is 0.355. The van der Waals surface area contributed by atoms with Gasteiger partial charge in [-0.3, -0.25) is 13.9 Å². The predicted molar refractivity (Wildman–Crippen MR) is 161 cm³/mol. The Morgan fingerprint density at radius 1 is 0.900 bits per heavy atom. The van der Waals surface area contributed by atoms with E-state index in [1.54, 1.807) is 24.3 Å². The monoisotopic (exact) mass is 583 g/mol. The lowest BCUT2D eigenvalue weighted by Gasteiger charge is -2.33. The summed E-state index contributed by atoms with van der Waals surface area (Å²) < 4.78 is 28.8. The van der Waals surface area contributed by atoms with E-state index in [-0.39, 0.29) is 23.4 Å². The van der Waals surface area contributed by atoms with Crippen LogP contribution in [0.15, 0.2) is 83.8 Å². The molecule has 7 nitrogen and oxygen atoms in total. The largest absolute Gasteiger partial charge is 0.352 e. The number of rotatable bonds is 13. The van der Waals surface area contributed by atoms with Gasteiger partial charge >= 0.3 is 0 Å². The molecule has 2 amide bonds. The molecular weight excluding hydrogens is 546 g/mol. The molecule has 0 aliphatic rings. The summed E-state index contributed by atoms with van der Waals surface area (Å²) in [5, 5.41) is 3.39. The van der Waals surface area contributed by atoms with E-state index < -0.39 is 28.5 Å². The third kappa shape index (κ3) is 8.08. The van der Waals surface area contributed by atoms with Crippen molar-refractivity contribution in [3.05, 3.63) is 95.0 Å². The van der Waals surface area contributed by atoms with Crippen molar-refractivity contribution in [1.82, 2.24) is 10.2 Å². The van der Waals surface area contributed by atoms with Gasteiger partial charge in [0.2, 0.25) is 11.8 Å². The van der Waals surface area contributed by atoms with Crippen molar-refractivity contribution >= 4 is 39.1 Å². The summed E-state index contributed by atoms with van der Waals surface area (Å²) in [7, 11) is -4.13. The number of amides is 2. The van der Waals surface area contributed by atoms with Crippen LogP contribution in [-0.4, -0.2) is 50.3 Å². The van der Waals surface area contributed by atoms with Gasteiger partial charge in [0.25, 0.3) is 10.0 Å². The minimum Gasteiger partial charge on any atom is -0.352 e. The van der Waals surface area contributed by atoms with E-state index in [9.17, 15) is 18.0 Å². The van der Waals surface area contributed by atoms with Gasteiger partial charge < -0.3 is 10.2 Å². The van der Waals surface area contributed by atoms with Crippen molar-refractivity contribution in [2.24, 2.45) is 0 Å². The first-order valence-electron chi connectivity index (χ1n) is 13.6. The number of halogens is 1. The molecule has 2 atom stereocenters. The van der Waals surface area contributed by atoms with Crippen LogP contribution in [-0.2, 0) is 26.0 Å². The highest BCUT2D eigenvalue weighted by Gasteiger charge is 2.33. The average molecular weight is 584 g/mol. The first-order chi connectivity index (χ1) is 19.1. The second kappa shape index (κ2) is 14.3. The van der Waals surface area contributed by atoms with Crippen LogP contribution in [0.2, 0.25) is 5.02 Å². The van der Waals surface area contributed by atoms with Gasteiger partial charge in [0.15, 0.2) is 0 Å². The van der Waals surface area contributed by atoms with Gasteiger partial charge in [-0.15, -0.1) is 0 Å². The van der Waals surface area contributed by atoms with Crippen LogP contribution in [0, 0.1) is 6.92 Å². The molecule has 3 aromatic carbocycles. The number of nitrogens with zero attached hydrogens (tertiary/aromatic N) is 2. The molecule has 1 N–H and O–H groups in total. The van der Waals surface area contributed by atoms with Gasteiger partial charge in [-0.2, -0.15) is 0 Å². The van der Waals surface area contributed by atoms with Crippen LogP contribution >= 0.6 is 11.6 Å². The standard InChI is InChI=1S/C31H38ClN3O4S/c1-5-24(4)33-31(37)29(6-2)34(21-20-25-10-8-7-9-11-25)30(36)22-35(27-16-12-23(3)13-17-27)40(38,39)28-18-14-26(32)15-19-28/h7-19,24,29H,5-6,20-22H2,1-4H3,(H,33,37). The molecule has 0 fully saturated rings. The first-order valence-corrected chi connectivity index (χ1v) is 15.4. The van der Waals surface area contributed by atoms with Crippen LogP contribution in [0.3, 0.4) is 0 Å². The molecule has 0 radical (unpaired) electrons. The van der Waals surface area contributed by atoms with E-state index in [1.807, 2.05) is 58.0 Å². The molecule has 0 heterocycles. The molecule has 40 heavy (non-hydrogen) atoms. The smallest absolute Gasteiger partial charge is 0.264 e. The third-order valence-electron chi connectivity index (χ3n) is 6.87. The zero-order chi connectivity index (χ0) is 29.3. The number of benzene rings is 3. The summed E-state index contributed by atoms with van der Waals surface area (Å²) in [6, 6.07) is 21.7. The lowest BCUT2D eigenvalue weighted by atomic mass is 10.1. The van der Waals surface area contributed by atoms with E-state index in [4.69, 9.17) is 11.6 Å². The van der Waals surface area contributed by atoms with Crippen molar-refractivity contribution in [3.8, 4) is 0 Å². The summed E-state index contributed by atoms with van der Waals surface area (Å²) in [5.74, 6) is -0.707. The molecule has 0 saturated carbocycles. The summed E-state index contributed by atoms with van der Waals surface area (Å²) in [6.45, 7) is 7.45. The van der Waals surface area contributed by atoms with Gasteiger partial charge in [-0.25, -0.2) is 8.42 Å². The maximum Gasteiger partial charge on any atom is 0.264 e. The Morgan fingerprint density at radius 2 is 1.52 bits per heavy atom. The van der Waals surface area contributed by atoms with Crippen molar-refractivity contribution < 1.29 is 18.0 Å². The molecule has 2 unspecified atom stereocenters. The molecule has 0 aliphatic heterocycles. The highest BCUT2D eigenvalue weighted by molar-refractivity contribution is 7.92. The van der Waals surface area contributed by atoms with Crippen molar-refractivity contribution in [1.29, 1.82) is 0 Å². The molecule has 0 saturated heterocycles. The van der Waals surface area contributed by atoms with E-state index in [0.29, 0.717) is 23.6 Å². The van der Waals surface area contributed by atoms with Crippen molar-refractivity contribution in [2.75, 3.05) is 17.4 Å². The summed E-state index contributed by atoms with van der Waals surface area (Å²) >= 11 is 6.01. The van der Waals surface area contributed by atoms with Crippen molar-refractivity contribution in [3.63, 3.8) is 0 Å². The molecule has 0 spiro atoms. The minimum absolute atomic E-state index is 0.0164. The SMILES string of the molecule is CCC(C)NC(=O)C(CC)N(CCc1ccccc1)C(=O)CN(c1ccc(C)cc1)S(=O)(=O)c1ccc(Cl)cc1. The van der Waals surface area contributed by atoms with Gasteiger partial charge in [0.1, 0.15) is 12.6 Å². The second-order valence-electron chi connectivity index (χ2n) is 9.87. The Labute approximate surface area is 243 Å². The van der Waals surface area contributed by atoms with E-state index in [2.05, 4.69) is 5.32 Å². The first kappa shape index (κ1) is 31.2. The second-order valence-corrected chi connectivity index (χ2v) is 12.2. The van der Waals surface area contributed by atoms with E-state index in [0.717, 1.165) is 21.9 Å². The number of aryl methyl sites for hydroxylation is 1. The van der Waals surface area contributed by atoms with Crippen molar-refractivity contribution in [2.45, 2.75) is 63.9 Å². The maximum absolute atomic E-state index is 14.0. The fourth-order valence-electron chi connectivity index (χ4n) is 4.31. The van der Waals surface area contributed by atoms with E-state index in [1.165, 1.54) is 29.2 Å². The number of carbonyl (C=O) groups is 2. The Balaban J connectivity index is 2.00. The topological polar surface area (TPSA) is 86.8 Å². The number of sulfonamides is 1. The van der Waals surface area contributed by atoms with Crippen LogP contribution in [0.4, 0.5) is 5.69 Å². The zero-order valence-corrected chi connectivity index (χ0v) is 25.1. The molecular formula is C31H38ClN3O4S. The number of carbonyl (C=O) groups excluding carboxylic acids is 2. The quantitative estimate of drug-likeness (QED) is 0.283. The lowest BCUT2D eigenvalue weighted by molar-refractivity contribution is -0.139. The Morgan fingerprint density at radius 3 is 2.10 bits per heavy atom.